The van der Waals surface area contributed by atoms with Crippen LogP contribution in [0.5, 0.6) is 0 Å². The van der Waals surface area contributed by atoms with Crippen LogP contribution in [-0.2, 0) is 4.79 Å². The lowest BCUT2D eigenvalue weighted by Crippen LogP contribution is -2.20. The van der Waals surface area contributed by atoms with Crippen LogP contribution in [0.15, 0.2) is 28.9 Å². The number of carbonyl (C=O) groups is 1. The molecule has 3 nitrogen and oxygen atoms in total. The summed E-state index contributed by atoms with van der Waals surface area (Å²) in [6.07, 6.45) is 19.7. The van der Waals surface area contributed by atoms with Gasteiger partial charge in [-0.2, -0.15) is 0 Å². The standard InChI is InChI=1S/C18H29NO2/c1-2-3-4-5-6-7-8-9-10-11-12-13-14-16-15-19-17(16)18(20)21/h5-6,15H,2-4,7-14H2,1H3,(H,20,21)/b6-5-. The Balaban J connectivity index is 1.83. The fourth-order valence-electron chi connectivity index (χ4n) is 2.44. The first-order chi connectivity index (χ1) is 10.3. The molecule has 0 amide bonds. The molecular formula is C18H29NO2. The van der Waals surface area contributed by atoms with Crippen LogP contribution in [0.2, 0.25) is 0 Å². The first kappa shape index (κ1) is 17.7. The Labute approximate surface area is 128 Å². The molecule has 1 N–H and O–H groups in total. The molecule has 21 heavy (non-hydrogen) atoms. The Morgan fingerprint density at radius 2 is 1.67 bits per heavy atom. The van der Waals surface area contributed by atoms with Gasteiger partial charge in [-0.25, -0.2) is 9.79 Å². The molecule has 0 atom stereocenters. The number of hydrogen-bond donors (Lipinski definition) is 1. The van der Waals surface area contributed by atoms with Crippen LogP contribution in [0.25, 0.3) is 0 Å². The number of aliphatic carboxylic acids is 1. The topological polar surface area (TPSA) is 49.7 Å². The average Bonchev–Trinajstić information content (AvgIpc) is 2.42. The molecular weight excluding hydrogens is 262 g/mol. The molecule has 1 aliphatic heterocycles. The highest BCUT2D eigenvalue weighted by molar-refractivity contribution is 6.44. The van der Waals surface area contributed by atoms with Gasteiger partial charge in [-0.15, -0.1) is 0 Å². The molecule has 0 fully saturated rings. The first-order valence-corrected chi connectivity index (χ1v) is 8.41. The molecule has 0 aromatic heterocycles. The van der Waals surface area contributed by atoms with Gasteiger partial charge in [0.25, 0.3) is 0 Å². The van der Waals surface area contributed by atoms with Crippen molar-refractivity contribution in [3.8, 4) is 0 Å². The van der Waals surface area contributed by atoms with Crippen molar-refractivity contribution in [2.24, 2.45) is 4.99 Å². The van der Waals surface area contributed by atoms with E-state index in [0.29, 0.717) is 0 Å². The van der Waals surface area contributed by atoms with E-state index in [1.54, 1.807) is 6.20 Å². The van der Waals surface area contributed by atoms with Crippen molar-refractivity contribution >= 4 is 11.7 Å². The Morgan fingerprint density at radius 3 is 2.24 bits per heavy atom. The summed E-state index contributed by atoms with van der Waals surface area (Å²) >= 11 is 0. The number of unbranched alkanes of at least 4 members (excludes halogenated alkanes) is 8. The lowest BCUT2D eigenvalue weighted by Gasteiger charge is -2.12. The van der Waals surface area contributed by atoms with Gasteiger partial charge in [0, 0.05) is 11.8 Å². The van der Waals surface area contributed by atoms with Crippen LogP contribution >= 0.6 is 0 Å². The Hall–Kier alpha value is -1.38. The van der Waals surface area contributed by atoms with Gasteiger partial charge >= 0.3 is 5.97 Å². The largest absolute Gasteiger partial charge is 0.477 e. The molecule has 0 aromatic rings. The molecule has 1 aliphatic rings. The second-order valence-electron chi connectivity index (χ2n) is 5.71. The number of carboxylic acid groups (broad SMARTS) is 1. The lowest BCUT2D eigenvalue weighted by atomic mass is 9.99. The van der Waals surface area contributed by atoms with Crippen LogP contribution in [0.4, 0.5) is 0 Å². The monoisotopic (exact) mass is 291 g/mol. The first-order valence-electron chi connectivity index (χ1n) is 8.41. The number of carboxylic acids is 1. The molecule has 118 valence electrons. The van der Waals surface area contributed by atoms with E-state index in [2.05, 4.69) is 24.1 Å². The summed E-state index contributed by atoms with van der Waals surface area (Å²) in [5.74, 6) is -0.889. The number of rotatable bonds is 13. The summed E-state index contributed by atoms with van der Waals surface area (Å²) < 4.78 is 0. The fraction of sp³-hybridized carbons (Fsp3) is 0.667. The highest BCUT2D eigenvalue weighted by Gasteiger charge is 2.19. The van der Waals surface area contributed by atoms with Crippen LogP contribution in [-0.4, -0.2) is 16.8 Å². The van der Waals surface area contributed by atoms with Crippen molar-refractivity contribution in [3.05, 3.63) is 23.9 Å². The molecule has 0 aliphatic carbocycles. The summed E-state index contributed by atoms with van der Waals surface area (Å²) in [5, 5.41) is 8.82. The van der Waals surface area contributed by atoms with Crippen molar-refractivity contribution in [2.75, 3.05) is 0 Å². The van der Waals surface area contributed by atoms with Gasteiger partial charge in [0.15, 0.2) is 5.71 Å². The minimum atomic E-state index is -0.889. The van der Waals surface area contributed by atoms with Gasteiger partial charge in [-0.1, -0.05) is 57.6 Å². The maximum Gasteiger partial charge on any atom is 0.354 e. The van der Waals surface area contributed by atoms with Gasteiger partial charge in [-0.05, 0) is 32.1 Å². The molecule has 0 radical (unpaired) electrons. The minimum Gasteiger partial charge on any atom is -0.477 e. The van der Waals surface area contributed by atoms with Crippen molar-refractivity contribution in [1.82, 2.24) is 0 Å². The lowest BCUT2D eigenvalue weighted by molar-refractivity contribution is -0.129. The minimum absolute atomic E-state index is 0.268. The zero-order valence-electron chi connectivity index (χ0n) is 13.3. The van der Waals surface area contributed by atoms with E-state index in [1.165, 1.54) is 57.8 Å². The number of hydrogen-bond acceptors (Lipinski definition) is 2. The van der Waals surface area contributed by atoms with Crippen molar-refractivity contribution < 1.29 is 9.90 Å². The third-order valence-electron chi connectivity index (χ3n) is 3.81. The van der Waals surface area contributed by atoms with E-state index in [0.717, 1.165) is 18.4 Å². The zero-order valence-corrected chi connectivity index (χ0v) is 13.3. The van der Waals surface area contributed by atoms with Crippen molar-refractivity contribution in [2.45, 2.75) is 77.6 Å². The maximum absolute atomic E-state index is 10.7. The van der Waals surface area contributed by atoms with E-state index in [9.17, 15) is 4.79 Å². The predicted octanol–water partition coefficient (Wildman–Crippen LogP) is 5.28. The molecule has 0 saturated carbocycles. The molecule has 0 saturated heterocycles. The fourth-order valence-corrected chi connectivity index (χ4v) is 2.44. The summed E-state index contributed by atoms with van der Waals surface area (Å²) in [6, 6.07) is 0. The highest BCUT2D eigenvalue weighted by atomic mass is 16.4. The molecule has 1 rings (SSSR count). The van der Waals surface area contributed by atoms with Gasteiger partial charge in [-0.3, -0.25) is 0 Å². The van der Waals surface area contributed by atoms with Crippen LogP contribution in [0.3, 0.4) is 0 Å². The van der Waals surface area contributed by atoms with Gasteiger partial charge in [0.1, 0.15) is 0 Å². The van der Waals surface area contributed by atoms with E-state index >= 15 is 0 Å². The van der Waals surface area contributed by atoms with E-state index in [-0.39, 0.29) is 5.71 Å². The van der Waals surface area contributed by atoms with Crippen LogP contribution in [0, 0.1) is 0 Å². The third-order valence-corrected chi connectivity index (χ3v) is 3.81. The number of allylic oxidation sites excluding steroid dienone is 2. The summed E-state index contributed by atoms with van der Waals surface area (Å²) in [7, 11) is 0. The molecule has 0 aromatic carbocycles. The Kier molecular flexibility index (Phi) is 9.51. The van der Waals surface area contributed by atoms with E-state index in [1.807, 2.05) is 0 Å². The second-order valence-corrected chi connectivity index (χ2v) is 5.71. The molecule has 3 heteroatoms. The van der Waals surface area contributed by atoms with E-state index in [4.69, 9.17) is 5.11 Å². The Morgan fingerprint density at radius 1 is 1.05 bits per heavy atom. The quantitative estimate of drug-likeness (QED) is 0.371. The van der Waals surface area contributed by atoms with Gasteiger partial charge < -0.3 is 5.11 Å². The predicted molar refractivity (Wildman–Crippen MR) is 88.8 cm³/mol. The van der Waals surface area contributed by atoms with E-state index < -0.39 is 5.97 Å². The third kappa shape index (κ3) is 7.84. The summed E-state index contributed by atoms with van der Waals surface area (Å²) in [4.78, 5) is 14.5. The number of aliphatic imine (C=N–C) groups is 1. The molecule has 0 unspecified atom stereocenters. The normalized spacial score (nSPS) is 14.0. The molecule has 0 bridgehead atoms. The SMILES string of the molecule is CCCC/C=C\CCCCCCCCC1=CN=C1C(=O)O. The van der Waals surface area contributed by atoms with Gasteiger partial charge in [0.05, 0.1) is 0 Å². The second kappa shape index (κ2) is 11.3. The smallest absolute Gasteiger partial charge is 0.354 e. The van der Waals surface area contributed by atoms with Crippen molar-refractivity contribution in [3.63, 3.8) is 0 Å². The average molecular weight is 291 g/mol. The maximum atomic E-state index is 10.7. The van der Waals surface area contributed by atoms with Crippen LogP contribution in [0.1, 0.15) is 77.6 Å². The number of nitrogens with zero attached hydrogens (tertiary/aromatic N) is 1. The highest BCUT2D eigenvalue weighted by Crippen LogP contribution is 2.19. The summed E-state index contributed by atoms with van der Waals surface area (Å²) in [6.45, 7) is 2.23. The molecule has 0 spiro atoms. The summed E-state index contributed by atoms with van der Waals surface area (Å²) in [5.41, 5.74) is 1.18. The van der Waals surface area contributed by atoms with Crippen molar-refractivity contribution in [1.29, 1.82) is 0 Å². The van der Waals surface area contributed by atoms with Crippen LogP contribution < -0.4 is 0 Å². The Bertz CT molecular complexity index is 394. The zero-order chi connectivity index (χ0) is 15.3. The van der Waals surface area contributed by atoms with Gasteiger partial charge in [0.2, 0.25) is 0 Å². The molecule has 1 heterocycles.